The molecule has 5 aliphatic rings. The van der Waals surface area contributed by atoms with E-state index in [1.165, 1.54) is 41.4 Å². The highest BCUT2D eigenvalue weighted by atomic mass is 14.9. The maximum absolute atomic E-state index is 2.45. The Morgan fingerprint density at radius 2 is 1.00 bits per heavy atom. The van der Waals surface area contributed by atoms with Gasteiger partial charge in [0, 0.05) is 0 Å². The summed E-state index contributed by atoms with van der Waals surface area (Å²) in [7, 11) is 0. The van der Waals surface area contributed by atoms with Gasteiger partial charge in [-0.25, -0.2) is 0 Å². The highest BCUT2D eigenvalue weighted by Gasteiger charge is 2.90. The van der Waals surface area contributed by atoms with E-state index >= 15 is 0 Å². The molecule has 0 spiro atoms. The van der Waals surface area contributed by atoms with Crippen molar-refractivity contribution in [3.63, 3.8) is 0 Å². The fourth-order valence-electron chi connectivity index (χ4n) is 3.90. The Hall–Kier alpha value is 0. The Kier molecular flexibility index (Phi) is 0.231. The van der Waals surface area contributed by atoms with Gasteiger partial charge in [-0.05, 0) is 41.4 Å². The van der Waals surface area contributed by atoms with E-state index in [0.717, 1.165) is 0 Å². The molecular formula is C8H10. The van der Waals surface area contributed by atoms with Crippen LogP contribution >= 0.6 is 0 Å². The van der Waals surface area contributed by atoms with Crippen molar-refractivity contribution in [1.82, 2.24) is 0 Å². The second-order valence-corrected chi connectivity index (χ2v) is 4.32. The van der Waals surface area contributed by atoms with E-state index in [0.29, 0.717) is 0 Å². The predicted molar refractivity (Wildman–Crippen MR) is 30.1 cm³/mol. The summed E-state index contributed by atoms with van der Waals surface area (Å²) in [6, 6.07) is 0. The van der Waals surface area contributed by atoms with Crippen molar-refractivity contribution in [2.75, 3.05) is 0 Å². The minimum absolute atomic E-state index is 1.17. The maximum atomic E-state index is 2.45. The third-order valence-electron chi connectivity index (χ3n) is 4.35. The van der Waals surface area contributed by atoms with Crippen molar-refractivity contribution < 1.29 is 0 Å². The van der Waals surface area contributed by atoms with Crippen molar-refractivity contribution >= 4 is 0 Å². The topological polar surface area (TPSA) is 0 Å². The lowest BCUT2D eigenvalue weighted by molar-refractivity contribution is 0.466. The molecule has 0 amide bonds. The van der Waals surface area contributed by atoms with Crippen molar-refractivity contribution in [3.8, 4) is 0 Å². The van der Waals surface area contributed by atoms with Gasteiger partial charge in [-0.2, -0.15) is 0 Å². The smallest absolute Gasteiger partial charge is 0.0312 e. The summed E-state index contributed by atoms with van der Waals surface area (Å²) in [4.78, 5) is 0. The van der Waals surface area contributed by atoms with Gasteiger partial charge in [-0.1, -0.05) is 6.92 Å². The fourth-order valence-corrected chi connectivity index (χ4v) is 3.90. The molecule has 0 heterocycles. The van der Waals surface area contributed by atoms with Gasteiger partial charge in [0.15, 0.2) is 0 Å². The maximum Gasteiger partial charge on any atom is -0.0312 e. The minimum Gasteiger partial charge on any atom is -0.0619 e. The number of hydrogen-bond donors (Lipinski definition) is 0. The van der Waals surface area contributed by atoms with E-state index in [4.69, 9.17) is 0 Å². The summed E-state index contributed by atoms with van der Waals surface area (Å²) in [6.07, 6.45) is 0. The second kappa shape index (κ2) is 0.571. The molecule has 5 rings (SSSR count). The molecule has 8 heavy (non-hydrogen) atoms. The van der Waals surface area contributed by atoms with Crippen LogP contribution in [0.4, 0.5) is 0 Å². The highest BCUT2D eigenvalue weighted by Crippen LogP contribution is 2.94. The van der Waals surface area contributed by atoms with Crippen molar-refractivity contribution in [2.24, 2.45) is 41.4 Å². The first kappa shape index (κ1) is 3.24. The first-order valence-electron chi connectivity index (χ1n) is 3.91. The molecule has 5 aliphatic carbocycles. The molecule has 0 aromatic rings. The molecule has 0 heteroatoms. The van der Waals surface area contributed by atoms with E-state index < -0.39 is 0 Å². The van der Waals surface area contributed by atoms with Gasteiger partial charge in [0.05, 0.1) is 0 Å². The molecule has 0 aromatic carbocycles. The van der Waals surface area contributed by atoms with Crippen molar-refractivity contribution in [2.45, 2.75) is 6.92 Å². The summed E-state index contributed by atoms with van der Waals surface area (Å²) < 4.78 is 0. The predicted octanol–water partition coefficient (Wildman–Crippen LogP) is 1.37. The van der Waals surface area contributed by atoms with Crippen LogP contribution in [0.1, 0.15) is 6.92 Å². The average molecular weight is 106 g/mol. The monoisotopic (exact) mass is 106 g/mol. The van der Waals surface area contributed by atoms with Crippen LogP contribution in [0, 0.1) is 41.4 Å². The summed E-state index contributed by atoms with van der Waals surface area (Å²) in [5.74, 6) is 8.88. The van der Waals surface area contributed by atoms with Crippen LogP contribution in [0.5, 0.6) is 0 Å². The van der Waals surface area contributed by atoms with Crippen molar-refractivity contribution in [1.29, 1.82) is 0 Å². The summed E-state index contributed by atoms with van der Waals surface area (Å²) in [5, 5.41) is 0. The zero-order valence-electron chi connectivity index (χ0n) is 5.04. The fraction of sp³-hybridized carbons (Fsp3) is 1.00. The lowest BCUT2D eigenvalue weighted by Crippen LogP contribution is -1.96. The molecule has 0 aliphatic heterocycles. The lowest BCUT2D eigenvalue weighted by Gasteiger charge is -2.00. The average Bonchev–Trinajstić information content (AvgIpc) is 2.60. The van der Waals surface area contributed by atoms with Crippen LogP contribution in [-0.4, -0.2) is 0 Å². The van der Waals surface area contributed by atoms with E-state index in [9.17, 15) is 0 Å². The molecule has 0 N–H and O–H groups in total. The minimum atomic E-state index is 1.17. The number of hydrogen-bond acceptors (Lipinski definition) is 0. The molecule has 2 atom stereocenters. The Bertz CT molecular complexity index is 156. The molecule has 0 aromatic heterocycles. The molecule has 5 fully saturated rings. The lowest BCUT2D eigenvalue weighted by atomic mass is 10.0. The van der Waals surface area contributed by atoms with Gasteiger partial charge < -0.3 is 0 Å². The first-order chi connectivity index (χ1) is 3.91. The van der Waals surface area contributed by atoms with Gasteiger partial charge in [0.1, 0.15) is 0 Å². The summed E-state index contributed by atoms with van der Waals surface area (Å²) in [5.41, 5.74) is 0. The Balaban J connectivity index is 1.93. The van der Waals surface area contributed by atoms with Crippen LogP contribution in [0.3, 0.4) is 0 Å². The molecule has 42 valence electrons. The van der Waals surface area contributed by atoms with Gasteiger partial charge in [-0.3, -0.25) is 0 Å². The SMILES string of the molecule is CC1C2C1C1C3C2C13. The van der Waals surface area contributed by atoms with Crippen LogP contribution in [-0.2, 0) is 0 Å². The third kappa shape index (κ3) is 0.130. The molecule has 0 nitrogen and oxygen atoms in total. The van der Waals surface area contributed by atoms with Gasteiger partial charge in [0.2, 0.25) is 0 Å². The first-order valence-corrected chi connectivity index (χ1v) is 3.91. The van der Waals surface area contributed by atoms with Gasteiger partial charge in [0.25, 0.3) is 0 Å². The normalized spacial score (nSPS) is 94.9. The quantitative estimate of drug-likeness (QED) is 0.437. The van der Waals surface area contributed by atoms with Crippen LogP contribution in [0.15, 0.2) is 0 Å². The molecule has 0 radical (unpaired) electrons. The molecule has 5 saturated carbocycles. The third-order valence-corrected chi connectivity index (χ3v) is 4.35. The molecule has 2 bridgehead atoms. The number of rotatable bonds is 0. The van der Waals surface area contributed by atoms with E-state index in [-0.39, 0.29) is 0 Å². The Morgan fingerprint density at radius 1 is 0.625 bits per heavy atom. The van der Waals surface area contributed by atoms with Crippen LogP contribution in [0.2, 0.25) is 0 Å². The largest absolute Gasteiger partial charge is 0.0619 e. The Morgan fingerprint density at radius 3 is 1.38 bits per heavy atom. The van der Waals surface area contributed by atoms with Crippen molar-refractivity contribution in [3.05, 3.63) is 0 Å². The standard InChI is InChI=1S/C8H10/c1-2-3-4(2)6-7-5(3)8(6)7/h2-8H,1H3. The van der Waals surface area contributed by atoms with E-state index in [2.05, 4.69) is 6.92 Å². The summed E-state index contributed by atoms with van der Waals surface area (Å²) >= 11 is 0. The van der Waals surface area contributed by atoms with Gasteiger partial charge >= 0.3 is 0 Å². The van der Waals surface area contributed by atoms with Crippen LogP contribution in [0.25, 0.3) is 0 Å². The zero-order valence-corrected chi connectivity index (χ0v) is 5.04. The molecular weight excluding hydrogens is 96.1 g/mol. The zero-order chi connectivity index (χ0) is 5.04. The second-order valence-electron chi connectivity index (χ2n) is 4.32. The van der Waals surface area contributed by atoms with E-state index in [1.54, 1.807) is 0 Å². The van der Waals surface area contributed by atoms with Gasteiger partial charge in [-0.15, -0.1) is 0 Å². The Labute approximate surface area is 49.3 Å². The van der Waals surface area contributed by atoms with E-state index in [1.807, 2.05) is 0 Å². The summed E-state index contributed by atoms with van der Waals surface area (Å²) in [6.45, 7) is 2.45. The molecule has 2 unspecified atom stereocenters. The highest BCUT2D eigenvalue weighted by molar-refractivity contribution is 5.37. The molecule has 0 saturated heterocycles. The van der Waals surface area contributed by atoms with Crippen LogP contribution < -0.4 is 0 Å².